The lowest BCUT2D eigenvalue weighted by atomic mass is 10.0. The number of carbonyl (C=O) groups is 4. The number of methoxy groups -OCH3 is 1. The van der Waals surface area contributed by atoms with Crippen LogP contribution in [0.1, 0.15) is 158 Å². The monoisotopic (exact) mass is 1010 g/mol. The second-order valence-corrected chi connectivity index (χ2v) is 21.4. The van der Waals surface area contributed by atoms with Gasteiger partial charge in [0.15, 0.2) is 0 Å². The molecule has 0 spiro atoms. The average Bonchev–Trinajstić information content (AvgIpc) is 4.02. The lowest BCUT2D eigenvalue weighted by Crippen LogP contribution is -2.36. The minimum Gasteiger partial charge on any atom is -0.382 e. The molecular formula is C48H83N10O9PS. The van der Waals surface area contributed by atoms with E-state index in [0.717, 1.165) is 94.8 Å². The summed E-state index contributed by atoms with van der Waals surface area (Å²) in [5, 5.41) is 27.8. The summed E-state index contributed by atoms with van der Waals surface area (Å²) in [5.74, 6) is 1.59. The fraction of sp³-hybridized carbons (Fsp3) is 0.812. The Balaban J connectivity index is 0.990. The number of aromatic nitrogens is 2. The standard InChI is InChI=1S/C48H83N10O9PS/c1-34(2)58(35(3)4)68(65-29-19-24-49)67-38-30-44(66-39(38)32-64-6)57-31-36(5)46(56-48(57)63)53-28-16-8-7-15-25-50-41(59)21-11-9-17-26-51-42(60)22-12-10-18-27-52-43(61)23-14-13-20-40-45-37(33-69-40)54-47(62)55-45/h31,34-35,37-40,44-45H,7-23,25-30,32-33H2,1-6H3,(H,50,59)(H,51,60)(H,52,61)(H,53,56,63)(H2,54,55,62)/i6TD. The van der Waals surface area contributed by atoms with E-state index in [1.807, 2.05) is 46.4 Å². The van der Waals surface area contributed by atoms with Crippen molar-refractivity contribution in [3.8, 4) is 6.07 Å². The van der Waals surface area contributed by atoms with Crippen molar-refractivity contribution in [2.75, 3.05) is 57.5 Å². The van der Waals surface area contributed by atoms with Gasteiger partial charge in [-0.15, -0.1) is 0 Å². The molecule has 0 saturated carbocycles. The Bertz CT molecular complexity index is 1880. The number of hydrogen-bond acceptors (Lipinski definition) is 14. The van der Waals surface area contributed by atoms with Crippen LogP contribution in [0.4, 0.5) is 10.6 Å². The Hall–Kier alpha value is -3.57. The third-order valence-electron chi connectivity index (χ3n) is 12.4. The molecule has 0 aliphatic carbocycles. The third kappa shape index (κ3) is 21.0. The zero-order valence-electron chi connectivity index (χ0n) is 43.8. The number of nitriles is 1. The Morgan fingerprint density at radius 1 is 0.942 bits per heavy atom. The average molecular weight is 1010 g/mol. The van der Waals surface area contributed by atoms with E-state index in [9.17, 15) is 24.0 Å². The number of nitrogens with zero attached hydrogens (tertiary/aromatic N) is 4. The van der Waals surface area contributed by atoms with E-state index in [2.05, 4.69) is 47.6 Å². The molecule has 69 heavy (non-hydrogen) atoms. The first-order valence-corrected chi connectivity index (χ1v) is 27.5. The van der Waals surface area contributed by atoms with Crippen LogP contribution in [0.15, 0.2) is 11.0 Å². The normalized spacial score (nSPS) is 22.1. The number of anilines is 1. The van der Waals surface area contributed by atoms with Crippen molar-refractivity contribution in [1.82, 2.24) is 40.8 Å². The van der Waals surface area contributed by atoms with E-state index in [-0.39, 0.29) is 74.0 Å². The molecule has 1 aromatic heterocycles. The number of carbonyl (C=O) groups excluding carboxylic acids is 4. The third-order valence-corrected chi connectivity index (χ3v) is 16.0. The highest BCUT2D eigenvalue weighted by molar-refractivity contribution is 8.00. The highest BCUT2D eigenvalue weighted by atomic mass is 32.2. The molecule has 21 heteroatoms. The van der Waals surface area contributed by atoms with Crippen molar-refractivity contribution in [2.24, 2.45) is 0 Å². The van der Waals surface area contributed by atoms with Gasteiger partial charge in [0.1, 0.15) is 18.1 Å². The number of ether oxygens (including phenoxy) is 2. The summed E-state index contributed by atoms with van der Waals surface area (Å²) in [6.07, 6.45) is 13.1. The molecule has 1 aromatic rings. The molecule has 3 saturated heterocycles. The molecule has 0 radical (unpaired) electrons. The van der Waals surface area contributed by atoms with Gasteiger partial charge in [-0.3, -0.25) is 19.0 Å². The van der Waals surface area contributed by atoms with Crippen LogP contribution in [0.3, 0.4) is 0 Å². The maximum atomic E-state index is 13.3. The van der Waals surface area contributed by atoms with Gasteiger partial charge in [0.25, 0.3) is 8.53 Å². The summed E-state index contributed by atoms with van der Waals surface area (Å²) in [4.78, 5) is 66.0. The van der Waals surface area contributed by atoms with E-state index >= 15 is 0 Å². The molecule has 4 heterocycles. The second-order valence-electron chi connectivity index (χ2n) is 18.7. The number of amides is 5. The van der Waals surface area contributed by atoms with Crippen LogP contribution < -0.4 is 37.6 Å². The first kappa shape index (κ1) is 54.8. The summed E-state index contributed by atoms with van der Waals surface area (Å²) in [5.41, 5.74) is 0.278. The first-order chi connectivity index (χ1) is 34.2. The molecule has 390 valence electrons. The van der Waals surface area contributed by atoms with E-state index in [0.29, 0.717) is 56.5 Å². The lowest BCUT2D eigenvalue weighted by Gasteiger charge is -2.37. The number of thioether (sulfide) groups is 1. The van der Waals surface area contributed by atoms with Crippen LogP contribution in [-0.4, -0.2) is 132 Å². The van der Waals surface area contributed by atoms with Crippen molar-refractivity contribution in [2.45, 2.75) is 198 Å². The van der Waals surface area contributed by atoms with Crippen molar-refractivity contribution >= 4 is 49.9 Å². The smallest absolute Gasteiger partial charge is 0.351 e. The van der Waals surface area contributed by atoms with Gasteiger partial charge in [0, 0.05) is 93.8 Å². The summed E-state index contributed by atoms with van der Waals surface area (Å²) < 4.78 is 42.9. The van der Waals surface area contributed by atoms with Crippen molar-refractivity contribution < 1.29 is 40.4 Å². The predicted molar refractivity (Wildman–Crippen MR) is 271 cm³/mol. The number of unbranched alkanes of at least 4 members (excludes halogenated alkanes) is 8. The summed E-state index contributed by atoms with van der Waals surface area (Å²) >= 11 is 1.90. The minimum atomic E-state index is -1.61. The van der Waals surface area contributed by atoms with Crippen LogP contribution >= 0.6 is 20.3 Å². The number of hydrogen-bond donors (Lipinski definition) is 6. The van der Waals surface area contributed by atoms with Gasteiger partial charge in [-0.2, -0.15) is 22.0 Å². The minimum absolute atomic E-state index is 0.0365. The largest absolute Gasteiger partial charge is 0.382 e. The van der Waals surface area contributed by atoms with Crippen molar-refractivity contribution in [3.63, 3.8) is 0 Å². The molecule has 5 amide bonds. The fourth-order valence-electron chi connectivity index (χ4n) is 8.80. The summed E-state index contributed by atoms with van der Waals surface area (Å²) in [7, 11) is -3.13. The topological polar surface area (TPSA) is 239 Å². The van der Waals surface area contributed by atoms with Crippen molar-refractivity contribution in [3.05, 3.63) is 22.2 Å². The Labute approximate surface area is 418 Å². The van der Waals surface area contributed by atoms with Crippen LogP contribution in [-0.2, 0) is 32.9 Å². The molecule has 3 aliphatic heterocycles. The molecule has 0 aromatic carbocycles. The SMILES string of the molecule is [2H]C([3H])OCC1OC(n2cc(C)c(NCCCCCCNC(=O)CCCCCNC(=O)CCCCCNC(=O)CCCCC3SCC4NC(=O)NC43)nc2=O)CC1OP(OCCC#N)N(C(C)C)C(C)C. The molecule has 8 atom stereocenters. The molecule has 6 N–H and O–H groups in total. The number of urea groups is 1. The molecule has 19 nitrogen and oxygen atoms in total. The predicted octanol–water partition coefficient (Wildman–Crippen LogP) is 6.31. The molecule has 8 unspecified atom stereocenters. The summed E-state index contributed by atoms with van der Waals surface area (Å²) in [6.45, 7) is 12.6. The molecule has 3 aliphatic rings. The van der Waals surface area contributed by atoms with Gasteiger partial charge in [-0.25, -0.2) is 14.3 Å². The van der Waals surface area contributed by atoms with E-state index < -0.39 is 39.7 Å². The van der Waals surface area contributed by atoms with Crippen LogP contribution in [0.25, 0.3) is 0 Å². The summed E-state index contributed by atoms with van der Waals surface area (Å²) in [6, 6.07) is 2.63. The Kier molecular flexibility index (Phi) is 25.7. The second kappa shape index (κ2) is 32.4. The number of rotatable bonds is 36. The van der Waals surface area contributed by atoms with Crippen LogP contribution in [0.2, 0.25) is 0 Å². The van der Waals surface area contributed by atoms with Crippen LogP contribution in [0, 0.1) is 18.3 Å². The zero-order valence-corrected chi connectivity index (χ0v) is 43.5. The van der Waals surface area contributed by atoms with Gasteiger partial charge in [-0.1, -0.05) is 32.1 Å². The van der Waals surface area contributed by atoms with Gasteiger partial charge >= 0.3 is 11.7 Å². The van der Waals surface area contributed by atoms with E-state index in [1.165, 1.54) is 4.57 Å². The van der Waals surface area contributed by atoms with Gasteiger partial charge in [-0.05, 0) is 86.0 Å². The molecule has 0 bridgehead atoms. The zero-order chi connectivity index (χ0) is 51.5. The van der Waals surface area contributed by atoms with Gasteiger partial charge in [0.05, 0.1) is 46.6 Å². The van der Waals surface area contributed by atoms with Gasteiger partial charge in [0.2, 0.25) is 17.7 Å². The molecule has 4 rings (SSSR count). The highest BCUT2D eigenvalue weighted by Gasteiger charge is 2.43. The molecule has 3 fully saturated rings. The van der Waals surface area contributed by atoms with Crippen LogP contribution in [0.5, 0.6) is 0 Å². The fourth-order valence-corrected chi connectivity index (χ4v) is 12.1. The first-order valence-electron chi connectivity index (χ1n) is 26.5. The maximum absolute atomic E-state index is 13.3. The highest BCUT2D eigenvalue weighted by Crippen LogP contribution is 2.50. The van der Waals surface area contributed by atoms with Gasteiger partial charge < -0.3 is 50.4 Å². The quantitative estimate of drug-likeness (QED) is 0.0245. The number of fused-ring (bicyclic) bond motifs is 1. The van der Waals surface area contributed by atoms with E-state index in [4.69, 9.17) is 26.5 Å². The Morgan fingerprint density at radius 2 is 1.54 bits per heavy atom. The molecular weight excluding hydrogens is 924 g/mol. The lowest BCUT2D eigenvalue weighted by molar-refractivity contribution is -0.122. The van der Waals surface area contributed by atoms with Crippen molar-refractivity contribution in [1.29, 1.82) is 5.26 Å². The maximum Gasteiger partial charge on any atom is 0.351 e. The number of nitrogens with one attached hydrogen (secondary N) is 6. The Morgan fingerprint density at radius 3 is 2.13 bits per heavy atom. The number of aryl methyl sites for hydroxylation is 1. The van der Waals surface area contributed by atoms with E-state index in [1.54, 1.807) is 6.20 Å².